The number of nitro benzene ring substituents is 1. The van der Waals surface area contributed by atoms with Crippen LogP contribution in [0.3, 0.4) is 0 Å². The molecule has 0 spiro atoms. The summed E-state index contributed by atoms with van der Waals surface area (Å²) in [4.78, 5) is 39.1. The summed E-state index contributed by atoms with van der Waals surface area (Å²) in [6, 6.07) is 15.0. The highest BCUT2D eigenvalue weighted by molar-refractivity contribution is 8.00. The highest BCUT2D eigenvalue weighted by Crippen LogP contribution is 2.45. The first-order chi connectivity index (χ1) is 19.5. The van der Waals surface area contributed by atoms with Crippen molar-refractivity contribution < 1.29 is 19.6 Å². The fourth-order valence-corrected chi connectivity index (χ4v) is 6.85. The van der Waals surface area contributed by atoms with Gasteiger partial charge in [-0.25, -0.2) is 0 Å². The first-order valence-corrected chi connectivity index (χ1v) is 14.6. The SMILES string of the molecule is Cc1ccc(C)c(C(O)=C2C(=O)C(=O)N(c3nnc(SCc4ccc(Cl)cc4Cl)s3)C2c2cccc([N+](=O)[O-])c2)c1. The molecule has 1 aromatic heterocycles. The van der Waals surface area contributed by atoms with Gasteiger partial charge in [0.2, 0.25) is 5.13 Å². The zero-order chi connectivity index (χ0) is 29.4. The number of halogens is 2. The van der Waals surface area contributed by atoms with E-state index in [1.807, 2.05) is 13.0 Å². The predicted molar refractivity (Wildman–Crippen MR) is 160 cm³/mol. The summed E-state index contributed by atoms with van der Waals surface area (Å²) in [5.74, 6) is -1.79. The Hall–Kier alpha value is -3.77. The van der Waals surface area contributed by atoms with E-state index in [0.29, 0.717) is 31.3 Å². The molecular weight excluding hydrogens is 607 g/mol. The van der Waals surface area contributed by atoms with Gasteiger partial charge < -0.3 is 5.11 Å². The molecule has 3 aromatic carbocycles. The molecule has 1 fully saturated rings. The number of nitro groups is 1. The van der Waals surface area contributed by atoms with Crippen molar-refractivity contribution in [2.45, 2.75) is 30.0 Å². The lowest BCUT2D eigenvalue weighted by Crippen LogP contribution is -2.29. The van der Waals surface area contributed by atoms with Crippen molar-refractivity contribution in [3.05, 3.63) is 114 Å². The molecule has 1 atom stereocenters. The number of nitrogens with zero attached hydrogens (tertiary/aromatic N) is 4. The van der Waals surface area contributed by atoms with Gasteiger partial charge in [-0.15, -0.1) is 10.2 Å². The van der Waals surface area contributed by atoms with Gasteiger partial charge in [0.05, 0.1) is 16.5 Å². The lowest BCUT2D eigenvalue weighted by Gasteiger charge is -2.22. The van der Waals surface area contributed by atoms with E-state index >= 15 is 0 Å². The van der Waals surface area contributed by atoms with E-state index in [0.717, 1.165) is 27.4 Å². The van der Waals surface area contributed by atoms with Gasteiger partial charge in [-0.2, -0.15) is 0 Å². The third-order valence-corrected chi connectivity index (χ3v) is 9.15. The topological polar surface area (TPSA) is 127 Å². The molecule has 1 aliphatic rings. The minimum atomic E-state index is -1.17. The van der Waals surface area contributed by atoms with Gasteiger partial charge in [0.25, 0.3) is 11.5 Å². The van der Waals surface area contributed by atoms with E-state index in [9.17, 15) is 24.8 Å². The van der Waals surface area contributed by atoms with E-state index < -0.39 is 22.7 Å². The number of Topliss-reactive ketones (excluding diaryl/α,β-unsaturated/α-hetero) is 1. The number of thioether (sulfide) groups is 1. The lowest BCUT2D eigenvalue weighted by atomic mass is 9.93. The summed E-state index contributed by atoms with van der Waals surface area (Å²) in [6.45, 7) is 3.61. The third-order valence-electron chi connectivity index (χ3n) is 6.46. The number of amides is 1. The maximum Gasteiger partial charge on any atom is 0.301 e. The van der Waals surface area contributed by atoms with E-state index in [1.165, 1.54) is 30.0 Å². The van der Waals surface area contributed by atoms with Crippen LogP contribution in [0.1, 0.15) is 33.9 Å². The molecule has 13 heteroatoms. The molecule has 5 rings (SSSR count). The molecule has 208 valence electrons. The van der Waals surface area contributed by atoms with Gasteiger partial charge in [-0.05, 0) is 48.7 Å². The van der Waals surface area contributed by atoms with E-state index in [4.69, 9.17) is 23.2 Å². The van der Waals surface area contributed by atoms with Crippen LogP contribution in [0, 0.1) is 24.0 Å². The van der Waals surface area contributed by atoms with Crippen molar-refractivity contribution in [1.29, 1.82) is 0 Å². The number of hydrogen-bond acceptors (Lipinski definition) is 9. The molecule has 0 aliphatic carbocycles. The van der Waals surface area contributed by atoms with Gasteiger partial charge in [0, 0.05) is 33.5 Å². The Balaban J connectivity index is 1.59. The average Bonchev–Trinajstić information content (AvgIpc) is 3.51. The molecule has 1 amide bonds. The maximum absolute atomic E-state index is 13.5. The van der Waals surface area contributed by atoms with E-state index in [1.54, 1.807) is 43.3 Å². The fourth-order valence-electron chi connectivity index (χ4n) is 4.43. The van der Waals surface area contributed by atoms with Gasteiger partial charge in [0.1, 0.15) is 5.76 Å². The summed E-state index contributed by atoms with van der Waals surface area (Å²) in [7, 11) is 0. The van der Waals surface area contributed by atoms with Crippen molar-refractivity contribution in [2.75, 3.05) is 4.90 Å². The molecular formula is C28H20Cl2N4O5S2. The number of aromatic nitrogens is 2. The van der Waals surface area contributed by atoms with Gasteiger partial charge in [-0.1, -0.05) is 82.2 Å². The molecule has 41 heavy (non-hydrogen) atoms. The molecule has 1 unspecified atom stereocenters. The third kappa shape index (κ3) is 5.71. The van der Waals surface area contributed by atoms with Crippen LogP contribution >= 0.6 is 46.3 Å². The van der Waals surface area contributed by atoms with Gasteiger partial charge >= 0.3 is 5.91 Å². The molecule has 0 radical (unpaired) electrons. The average molecular weight is 628 g/mol. The Bertz CT molecular complexity index is 1760. The highest BCUT2D eigenvalue weighted by atomic mass is 35.5. The van der Waals surface area contributed by atoms with Crippen LogP contribution in [0.5, 0.6) is 0 Å². The summed E-state index contributed by atoms with van der Waals surface area (Å²) in [6.07, 6.45) is 0. The number of anilines is 1. The Morgan fingerprint density at radius 1 is 1.10 bits per heavy atom. The van der Waals surface area contributed by atoms with E-state index in [2.05, 4.69) is 10.2 Å². The largest absolute Gasteiger partial charge is 0.507 e. The second-order valence-electron chi connectivity index (χ2n) is 9.21. The highest BCUT2D eigenvalue weighted by Gasteiger charge is 2.48. The smallest absolute Gasteiger partial charge is 0.301 e. The van der Waals surface area contributed by atoms with Crippen molar-refractivity contribution in [3.63, 3.8) is 0 Å². The molecule has 0 bridgehead atoms. The molecule has 2 heterocycles. The zero-order valence-corrected chi connectivity index (χ0v) is 24.6. The van der Waals surface area contributed by atoms with Crippen molar-refractivity contribution in [2.24, 2.45) is 0 Å². The number of aryl methyl sites for hydroxylation is 2. The number of carbonyl (C=O) groups is 2. The van der Waals surface area contributed by atoms with Crippen LogP contribution in [0.15, 0.2) is 70.6 Å². The van der Waals surface area contributed by atoms with Crippen molar-refractivity contribution >= 4 is 74.6 Å². The first kappa shape index (κ1) is 28.7. The molecule has 9 nitrogen and oxygen atoms in total. The monoisotopic (exact) mass is 626 g/mol. The Morgan fingerprint density at radius 3 is 2.61 bits per heavy atom. The summed E-state index contributed by atoms with van der Waals surface area (Å²) in [5, 5.41) is 32.5. The van der Waals surface area contributed by atoms with Crippen LogP contribution < -0.4 is 4.90 Å². The van der Waals surface area contributed by atoms with Crippen LogP contribution in [-0.2, 0) is 15.3 Å². The van der Waals surface area contributed by atoms with Crippen LogP contribution in [-0.4, -0.2) is 31.9 Å². The number of carbonyl (C=O) groups excluding carboxylic acids is 2. The number of benzene rings is 3. The van der Waals surface area contributed by atoms with Gasteiger partial charge in [0.15, 0.2) is 4.34 Å². The van der Waals surface area contributed by atoms with Crippen LogP contribution in [0.2, 0.25) is 10.0 Å². The minimum absolute atomic E-state index is 0.105. The summed E-state index contributed by atoms with van der Waals surface area (Å²) in [5.41, 5.74) is 2.57. The lowest BCUT2D eigenvalue weighted by molar-refractivity contribution is -0.384. The second kappa shape index (κ2) is 11.6. The number of ketones is 1. The zero-order valence-electron chi connectivity index (χ0n) is 21.5. The molecule has 0 saturated carbocycles. The maximum atomic E-state index is 13.5. The first-order valence-electron chi connectivity index (χ1n) is 12.1. The normalized spacial score (nSPS) is 16.4. The molecule has 1 saturated heterocycles. The molecule has 4 aromatic rings. The molecule has 1 N–H and O–H groups in total. The number of aliphatic hydroxyl groups excluding tert-OH is 1. The Morgan fingerprint density at radius 2 is 1.88 bits per heavy atom. The van der Waals surface area contributed by atoms with Gasteiger partial charge in [-0.3, -0.25) is 24.6 Å². The summed E-state index contributed by atoms with van der Waals surface area (Å²) >= 11 is 14.7. The number of non-ortho nitro benzene ring substituents is 1. The van der Waals surface area contributed by atoms with Crippen LogP contribution in [0.25, 0.3) is 5.76 Å². The number of hydrogen-bond donors (Lipinski definition) is 1. The van der Waals surface area contributed by atoms with Crippen molar-refractivity contribution in [3.8, 4) is 0 Å². The number of rotatable bonds is 7. The standard InChI is InChI=1S/C28H20Cl2N4O5S2/c1-14-6-7-15(2)20(10-14)24(35)22-23(16-4-3-5-19(11-16)34(38)39)33(26(37)25(22)36)27-31-32-28(41-27)40-13-17-8-9-18(29)12-21(17)30/h3-12,23,35H,13H2,1-2H3. The Labute approximate surface area is 252 Å². The van der Waals surface area contributed by atoms with E-state index in [-0.39, 0.29) is 27.7 Å². The van der Waals surface area contributed by atoms with Crippen LogP contribution in [0.4, 0.5) is 10.8 Å². The molecule has 1 aliphatic heterocycles. The fraction of sp³-hybridized carbons (Fsp3) is 0.143. The number of aliphatic hydroxyl groups is 1. The quantitative estimate of drug-likeness (QED) is 0.0431. The summed E-state index contributed by atoms with van der Waals surface area (Å²) < 4.78 is 0.500. The minimum Gasteiger partial charge on any atom is -0.507 e. The van der Waals surface area contributed by atoms with Crippen molar-refractivity contribution in [1.82, 2.24) is 10.2 Å². The predicted octanol–water partition coefficient (Wildman–Crippen LogP) is 7.29. The Kier molecular flexibility index (Phi) is 8.14. The second-order valence-corrected chi connectivity index (χ2v) is 12.2.